The molecule has 0 bridgehead atoms. The molecule has 0 aromatic carbocycles. The number of rotatable bonds is 16. The summed E-state index contributed by atoms with van der Waals surface area (Å²) in [6.07, 6.45) is 6.19. The lowest BCUT2D eigenvalue weighted by Gasteiger charge is -2.13. The van der Waals surface area contributed by atoms with E-state index < -0.39 is 12.3 Å². The van der Waals surface area contributed by atoms with Crippen molar-refractivity contribution in [3.05, 3.63) is 0 Å². The fourth-order valence-corrected chi connectivity index (χ4v) is 2.50. The number of alkyl halides is 3. The molecule has 0 saturated heterocycles. The number of halogens is 3. The number of hydrogen-bond donors (Lipinski definition) is 1. The van der Waals surface area contributed by atoms with E-state index in [1.54, 1.807) is 0 Å². The van der Waals surface area contributed by atoms with E-state index in [1.807, 2.05) is 0 Å². The van der Waals surface area contributed by atoms with Crippen LogP contribution in [-0.4, -0.2) is 30.6 Å². The number of unbranched alkanes of at least 4 members (excludes halogenated alkanes) is 10. The molecular weight excluding hydrogens is 305 g/mol. The summed E-state index contributed by atoms with van der Waals surface area (Å²) in [5, 5.41) is 8.84. The maximum absolute atomic E-state index is 12.1. The number of aliphatic hydroxyl groups is 1. The summed E-state index contributed by atoms with van der Waals surface area (Å²) in [7, 11) is 0. The van der Waals surface area contributed by atoms with Crippen LogP contribution >= 0.6 is 0 Å². The van der Waals surface area contributed by atoms with Gasteiger partial charge < -0.3 is 9.84 Å². The Hall–Kier alpha value is -0.290. The Kier molecular flexibility index (Phi) is 15.1. The third-order valence-electron chi connectivity index (χ3n) is 4.04. The monoisotopic (exact) mass is 340 g/mol. The number of hydrogen-bond acceptors (Lipinski definition) is 2. The molecule has 0 spiro atoms. The average molecular weight is 340 g/mol. The van der Waals surface area contributed by atoms with Crippen LogP contribution in [0, 0.1) is 0 Å². The minimum Gasteiger partial charge on any atom is -0.384 e. The SMILES string of the molecule is CCCCCCCCCOCCCCCCCC(O)C(F)(F)F. The molecule has 1 unspecified atom stereocenters. The number of aliphatic hydroxyl groups excluding tert-OH is 1. The van der Waals surface area contributed by atoms with Crippen molar-refractivity contribution in [2.24, 2.45) is 0 Å². The summed E-state index contributed by atoms with van der Waals surface area (Å²) in [5.41, 5.74) is 0. The molecule has 0 aliphatic heterocycles. The van der Waals surface area contributed by atoms with Gasteiger partial charge in [-0.3, -0.25) is 0 Å². The molecule has 0 radical (unpaired) electrons. The Morgan fingerprint density at radius 1 is 0.739 bits per heavy atom. The topological polar surface area (TPSA) is 29.5 Å². The van der Waals surface area contributed by atoms with Crippen molar-refractivity contribution in [2.75, 3.05) is 13.2 Å². The Morgan fingerprint density at radius 2 is 1.17 bits per heavy atom. The lowest BCUT2D eigenvalue weighted by Crippen LogP contribution is -2.28. The minimum absolute atomic E-state index is 0.182. The highest BCUT2D eigenvalue weighted by atomic mass is 19.4. The van der Waals surface area contributed by atoms with E-state index in [4.69, 9.17) is 9.84 Å². The predicted octanol–water partition coefficient (Wildman–Crippen LogP) is 6.02. The zero-order valence-corrected chi connectivity index (χ0v) is 14.7. The van der Waals surface area contributed by atoms with Crippen LogP contribution in [-0.2, 0) is 4.74 Å². The first kappa shape index (κ1) is 22.7. The van der Waals surface area contributed by atoms with Crippen LogP contribution in [0.25, 0.3) is 0 Å². The molecule has 1 N–H and O–H groups in total. The normalized spacial score (nSPS) is 13.4. The maximum atomic E-state index is 12.1. The summed E-state index contributed by atoms with van der Waals surface area (Å²) < 4.78 is 41.8. The van der Waals surface area contributed by atoms with E-state index in [-0.39, 0.29) is 6.42 Å². The lowest BCUT2D eigenvalue weighted by molar-refractivity contribution is -0.205. The molecule has 0 amide bonds. The first-order chi connectivity index (χ1) is 11.0. The Bertz CT molecular complexity index is 245. The Balaban J connectivity index is 3.11. The van der Waals surface area contributed by atoms with E-state index in [0.717, 1.165) is 45.3 Å². The molecule has 0 fully saturated rings. The van der Waals surface area contributed by atoms with Gasteiger partial charge in [-0.1, -0.05) is 71.1 Å². The molecule has 0 saturated carbocycles. The molecule has 0 aliphatic carbocycles. The summed E-state index contributed by atoms with van der Waals surface area (Å²) in [6.45, 7) is 3.80. The first-order valence-corrected chi connectivity index (χ1v) is 9.31. The van der Waals surface area contributed by atoms with Crippen molar-refractivity contribution in [1.82, 2.24) is 0 Å². The second-order valence-corrected chi connectivity index (χ2v) is 6.35. The van der Waals surface area contributed by atoms with Gasteiger partial charge in [0.1, 0.15) is 6.10 Å². The van der Waals surface area contributed by atoms with Gasteiger partial charge in [-0.25, -0.2) is 0 Å². The van der Waals surface area contributed by atoms with Gasteiger partial charge in [-0.2, -0.15) is 13.2 Å². The van der Waals surface area contributed by atoms with Gasteiger partial charge in [-0.15, -0.1) is 0 Å². The van der Waals surface area contributed by atoms with Crippen molar-refractivity contribution >= 4 is 0 Å². The Morgan fingerprint density at radius 3 is 1.65 bits per heavy atom. The van der Waals surface area contributed by atoms with Gasteiger partial charge in [0.25, 0.3) is 0 Å². The molecule has 5 heteroatoms. The third kappa shape index (κ3) is 16.4. The van der Waals surface area contributed by atoms with E-state index in [9.17, 15) is 13.2 Å². The van der Waals surface area contributed by atoms with Gasteiger partial charge in [-0.05, 0) is 19.3 Å². The molecular formula is C18H35F3O2. The van der Waals surface area contributed by atoms with Gasteiger partial charge in [0.15, 0.2) is 0 Å². The second-order valence-electron chi connectivity index (χ2n) is 6.35. The highest BCUT2D eigenvalue weighted by molar-refractivity contribution is 4.64. The summed E-state index contributed by atoms with van der Waals surface area (Å²) >= 11 is 0. The molecule has 0 aromatic heterocycles. The molecule has 0 aromatic rings. The van der Waals surface area contributed by atoms with Crippen LogP contribution in [0.3, 0.4) is 0 Å². The molecule has 0 aliphatic rings. The van der Waals surface area contributed by atoms with Gasteiger partial charge in [0.05, 0.1) is 0 Å². The third-order valence-corrected chi connectivity index (χ3v) is 4.04. The van der Waals surface area contributed by atoms with Crippen LogP contribution < -0.4 is 0 Å². The molecule has 0 heterocycles. The minimum atomic E-state index is -4.47. The fraction of sp³-hybridized carbons (Fsp3) is 1.00. The van der Waals surface area contributed by atoms with E-state index in [0.29, 0.717) is 6.42 Å². The summed E-state index contributed by atoms with van der Waals surface area (Å²) in [5.74, 6) is 0. The van der Waals surface area contributed by atoms with E-state index >= 15 is 0 Å². The van der Waals surface area contributed by atoms with E-state index in [2.05, 4.69) is 6.92 Å². The van der Waals surface area contributed by atoms with Crippen molar-refractivity contribution in [2.45, 2.75) is 103 Å². The average Bonchev–Trinajstić information content (AvgIpc) is 2.50. The van der Waals surface area contributed by atoms with Gasteiger partial charge in [0, 0.05) is 13.2 Å². The lowest BCUT2D eigenvalue weighted by atomic mass is 10.1. The van der Waals surface area contributed by atoms with E-state index in [1.165, 1.54) is 38.5 Å². The molecule has 0 rings (SSSR count). The van der Waals surface area contributed by atoms with Crippen molar-refractivity contribution in [3.8, 4) is 0 Å². The van der Waals surface area contributed by atoms with Crippen LogP contribution in [0.1, 0.15) is 90.4 Å². The van der Waals surface area contributed by atoms with Crippen LogP contribution in [0.5, 0.6) is 0 Å². The zero-order chi connectivity index (χ0) is 17.4. The molecule has 2 nitrogen and oxygen atoms in total. The second kappa shape index (κ2) is 15.3. The van der Waals surface area contributed by atoms with Crippen LogP contribution in [0.2, 0.25) is 0 Å². The predicted molar refractivity (Wildman–Crippen MR) is 88.6 cm³/mol. The molecule has 23 heavy (non-hydrogen) atoms. The maximum Gasteiger partial charge on any atom is 0.414 e. The Labute approximate surface area is 139 Å². The highest BCUT2D eigenvalue weighted by Gasteiger charge is 2.37. The van der Waals surface area contributed by atoms with Crippen molar-refractivity contribution in [1.29, 1.82) is 0 Å². The van der Waals surface area contributed by atoms with Crippen LogP contribution in [0.15, 0.2) is 0 Å². The highest BCUT2D eigenvalue weighted by Crippen LogP contribution is 2.24. The van der Waals surface area contributed by atoms with Crippen molar-refractivity contribution in [3.63, 3.8) is 0 Å². The largest absolute Gasteiger partial charge is 0.414 e. The zero-order valence-electron chi connectivity index (χ0n) is 14.7. The van der Waals surface area contributed by atoms with Gasteiger partial charge in [0.2, 0.25) is 0 Å². The summed E-state index contributed by atoms with van der Waals surface area (Å²) in [6, 6.07) is 0. The standard InChI is InChI=1S/C18H35F3O2/c1-2-3-4-5-6-9-12-15-23-16-13-10-7-8-11-14-17(22)18(19,20)21/h17,22H,2-16H2,1H3. The first-order valence-electron chi connectivity index (χ1n) is 9.31. The van der Waals surface area contributed by atoms with Crippen molar-refractivity contribution < 1.29 is 23.0 Å². The van der Waals surface area contributed by atoms with Crippen LogP contribution in [0.4, 0.5) is 13.2 Å². The molecule has 1 atom stereocenters. The fourth-order valence-electron chi connectivity index (χ4n) is 2.50. The number of ether oxygens (including phenoxy) is 1. The summed E-state index contributed by atoms with van der Waals surface area (Å²) in [4.78, 5) is 0. The smallest absolute Gasteiger partial charge is 0.384 e. The van der Waals surface area contributed by atoms with Gasteiger partial charge >= 0.3 is 6.18 Å². The quantitative estimate of drug-likeness (QED) is 0.348. The molecule has 140 valence electrons.